The number of benzene rings is 1. The molecule has 1 aliphatic rings. The molecular formula is C16H17FN4O2S. The Morgan fingerprint density at radius 2 is 2.21 bits per heavy atom. The van der Waals surface area contributed by atoms with E-state index in [1.54, 1.807) is 6.07 Å². The van der Waals surface area contributed by atoms with Crippen LogP contribution in [0.5, 0.6) is 0 Å². The number of pyridine rings is 1. The van der Waals surface area contributed by atoms with Gasteiger partial charge >= 0.3 is 0 Å². The molecule has 1 unspecified atom stereocenters. The predicted molar refractivity (Wildman–Crippen MR) is 94.6 cm³/mol. The number of anilines is 1. The van der Waals surface area contributed by atoms with Crippen LogP contribution >= 0.6 is 11.5 Å². The fraction of sp³-hybridized carbons (Fsp3) is 0.375. The largest absolute Gasteiger partial charge is 0.367 e. The lowest BCUT2D eigenvalue weighted by atomic mass is 10.1. The third-order valence-corrected chi connectivity index (χ3v) is 5.54. The van der Waals surface area contributed by atoms with E-state index < -0.39 is 16.8 Å². The van der Waals surface area contributed by atoms with E-state index in [1.807, 2.05) is 16.4 Å². The molecule has 1 aliphatic heterocycles. The van der Waals surface area contributed by atoms with Crippen molar-refractivity contribution >= 4 is 38.3 Å². The van der Waals surface area contributed by atoms with Crippen LogP contribution in [-0.2, 0) is 6.54 Å². The quantitative estimate of drug-likeness (QED) is 0.737. The number of fused-ring (bicyclic) bond motifs is 2. The molecule has 0 amide bonds. The van der Waals surface area contributed by atoms with Crippen molar-refractivity contribution < 1.29 is 4.39 Å². The van der Waals surface area contributed by atoms with Crippen molar-refractivity contribution in [3.05, 3.63) is 38.5 Å². The van der Waals surface area contributed by atoms with Crippen LogP contribution in [0.1, 0.15) is 13.3 Å². The second kappa shape index (κ2) is 5.42. The van der Waals surface area contributed by atoms with Gasteiger partial charge in [-0.1, -0.05) is 0 Å². The normalized spacial score (nSPS) is 18.1. The van der Waals surface area contributed by atoms with Crippen molar-refractivity contribution in [1.29, 1.82) is 0 Å². The molecule has 0 saturated carbocycles. The van der Waals surface area contributed by atoms with Crippen molar-refractivity contribution in [2.24, 2.45) is 5.73 Å². The Morgan fingerprint density at radius 3 is 2.88 bits per heavy atom. The van der Waals surface area contributed by atoms with Gasteiger partial charge in [0.05, 0.1) is 11.2 Å². The Bertz CT molecular complexity index is 1070. The summed E-state index contributed by atoms with van der Waals surface area (Å²) in [7, 11) is 0. The van der Waals surface area contributed by atoms with Gasteiger partial charge in [-0.25, -0.2) is 4.39 Å². The smallest absolute Gasteiger partial charge is 0.271 e. The fourth-order valence-electron chi connectivity index (χ4n) is 3.45. The maximum atomic E-state index is 14.6. The molecule has 3 heterocycles. The van der Waals surface area contributed by atoms with Crippen LogP contribution < -0.4 is 21.6 Å². The predicted octanol–water partition coefficient (Wildman–Crippen LogP) is 1.60. The Morgan fingerprint density at radius 1 is 1.42 bits per heavy atom. The molecule has 0 spiro atoms. The maximum Gasteiger partial charge on any atom is 0.271 e. The van der Waals surface area contributed by atoms with Crippen LogP contribution in [0.4, 0.5) is 10.1 Å². The molecule has 8 heteroatoms. The highest BCUT2D eigenvalue weighted by Crippen LogP contribution is 2.29. The Kier molecular flexibility index (Phi) is 3.47. The summed E-state index contributed by atoms with van der Waals surface area (Å²) in [4.78, 5) is 27.1. The van der Waals surface area contributed by atoms with E-state index in [4.69, 9.17) is 5.73 Å². The highest BCUT2D eigenvalue weighted by atomic mass is 32.1. The lowest BCUT2D eigenvalue weighted by molar-refractivity contribution is 0.624. The molecule has 126 valence electrons. The minimum Gasteiger partial charge on any atom is -0.367 e. The number of hydrogen-bond acceptors (Lipinski definition) is 5. The first-order chi connectivity index (χ1) is 11.5. The third kappa shape index (κ3) is 2.10. The standard InChI is InChI=1S/C16H17FN4O2S/c1-2-21-11-6-12(20-4-3-8(18)7-20)10(17)5-9(11)14(22)13-15(23)19-24-16(13)21/h5-6,8H,2-4,7,18H2,1H3,(H,19,23). The third-order valence-electron chi connectivity index (χ3n) is 4.64. The van der Waals surface area contributed by atoms with Crippen molar-refractivity contribution in [1.82, 2.24) is 8.94 Å². The average Bonchev–Trinajstić information content (AvgIpc) is 3.15. The van der Waals surface area contributed by atoms with E-state index in [0.29, 0.717) is 35.7 Å². The average molecular weight is 348 g/mol. The summed E-state index contributed by atoms with van der Waals surface area (Å²) >= 11 is 1.13. The molecule has 0 bridgehead atoms. The second-order valence-corrected chi connectivity index (χ2v) is 6.90. The summed E-state index contributed by atoms with van der Waals surface area (Å²) in [6.45, 7) is 3.80. The number of nitrogens with zero attached hydrogens (tertiary/aromatic N) is 2. The number of aromatic nitrogens is 2. The molecule has 3 N–H and O–H groups in total. The van der Waals surface area contributed by atoms with Crippen molar-refractivity contribution in [3.8, 4) is 0 Å². The molecule has 3 aromatic rings. The second-order valence-electron chi connectivity index (χ2n) is 6.10. The topological polar surface area (TPSA) is 84.1 Å². The van der Waals surface area contributed by atoms with Gasteiger partial charge in [-0.15, -0.1) is 0 Å². The summed E-state index contributed by atoms with van der Waals surface area (Å²) in [5, 5.41) is 0.336. The van der Waals surface area contributed by atoms with Crippen LogP contribution in [0, 0.1) is 5.82 Å². The van der Waals surface area contributed by atoms with Gasteiger partial charge in [0, 0.05) is 31.1 Å². The highest BCUT2D eigenvalue weighted by molar-refractivity contribution is 7.12. The van der Waals surface area contributed by atoms with E-state index >= 15 is 0 Å². The first-order valence-electron chi connectivity index (χ1n) is 7.89. The molecule has 1 fully saturated rings. The molecule has 0 radical (unpaired) electrons. The summed E-state index contributed by atoms with van der Waals surface area (Å²) in [5.74, 6) is -0.456. The number of nitrogens with two attached hydrogens (primary N) is 1. The zero-order chi connectivity index (χ0) is 17.0. The summed E-state index contributed by atoms with van der Waals surface area (Å²) in [6, 6.07) is 2.99. The maximum absolute atomic E-state index is 14.6. The number of halogens is 1. The van der Waals surface area contributed by atoms with E-state index in [1.165, 1.54) is 6.07 Å². The van der Waals surface area contributed by atoms with Gasteiger partial charge in [-0.05, 0) is 37.0 Å². The van der Waals surface area contributed by atoms with Gasteiger partial charge < -0.3 is 15.2 Å². The summed E-state index contributed by atoms with van der Waals surface area (Å²) < 4.78 is 19.1. The molecule has 0 aliphatic carbocycles. The number of hydrogen-bond donors (Lipinski definition) is 2. The molecule has 1 saturated heterocycles. The van der Waals surface area contributed by atoms with Gasteiger partial charge in [-0.3, -0.25) is 14.0 Å². The SMILES string of the molecule is CCn1c2cc(N3CCC(N)C3)c(F)cc2c(=O)c2c(=O)[nH]sc21. The molecule has 1 aromatic carbocycles. The van der Waals surface area contributed by atoms with E-state index in [-0.39, 0.29) is 16.8 Å². The van der Waals surface area contributed by atoms with Crippen LogP contribution in [0.3, 0.4) is 0 Å². The lowest BCUT2D eigenvalue weighted by Crippen LogP contribution is -2.27. The Labute approximate surface area is 140 Å². The minimum atomic E-state index is -0.456. The number of H-pyrrole nitrogens is 1. The van der Waals surface area contributed by atoms with E-state index in [9.17, 15) is 14.0 Å². The number of rotatable bonds is 2. The monoisotopic (exact) mass is 348 g/mol. The molecule has 6 nitrogen and oxygen atoms in total. The van der Waals surface area contributed by atoms with Gasteiger partial charge in [-0.2, -0.15) is 0 Å². The first kappa shape index (κ1) is 15.3. The van der Waals surface area contributed by atoms with E-state index in [2.05, 4.69) is 4.37 Å². The Balaban J connectivity index is 2.08. The number of aromatic amines is 1. The molecule has 1 atom stereocenters. The molecule has 4 rings (SSSR count). The minimum absolute atomic E-state index is 0.0332. The van der Waals surface area contributed by atoms with Gasteiger partial charge in [0.25, 0.3) is 5.56 Å². The Hall–Kier alpha value is -2.19. The van der Waals surface area contributed by atoms with Crippen molar-refractivity contribution in [3.63, 3.8) is 0 Å². The van der Waals surface area contributed by atoms with E-state index in [0.717, 1.165) is 18.0 Å². The van der Waals surface area contributed by atoms with Crippen LogP contribution in [0.15, 0.2) is 21.7 Å². The zero-order valence-electron chi connectivity index (χ0n) is 13.1. The van der Waals surface area contributed by atoms with Gasteiger partial charge in [0.1, 0.15) is 16.0 Å². The summed E-state index contributed by atoms with van der Waals surface area (Å²) in [6.07, 6.45) is 0.816. The molecular weight excluding hydrogens is 331 g/mol. The van der Waals surface area contributed by atoms with Crippen LogP contribution in [-0.4, -0.2) is 28.1 Å². The van der Waals surface area contributed by atoms with Gasteiger partial charge in [0.15, 0.2) is 0 Å². The summed E-state index contributed by atoms with van der Waals surface area (Å²) in [5.41, 5.74) is 6.19. The highest BCUT2D eigenvalue weighted by Gasteiger charge is 2.24. The zero-order valence-corrected chi connectivity index (χ0v) is 14.0. The van der Waals surface area contributed by atoms with Crippen molar-refractivity contribution in [2.75, 3.05) is 18.0 Å². The molecule has 2 aromatic heterocycles. The number of nitrogens with one attached hydrogen (secondary N) is 1. The first-order valence-corrected chi connectivity index (χ1v) is 8.70. The fourth-order valence-corrected chi connectivity index (χ4v) is 4.36. The van der Waals surface area contributed by atoms with Crippen LogP contribution in [0.2, 0.25) is 0 Å². The van der Waals surface area contributed by atoms with Crippen molar-refractivity contribution in [2.45, 2.75) is 25.9 Å². The molecule has 24 heavy (non-hydrogen) atoms. The van der Waals surface area contributed by atoms with Crippen LogP contribution in [0.25, 0.3) is 21.1 Å². The lowest BCUT2D eigenvalue weighted by Gasteiger charge is -2.20. The number of aryl methyl sites for hydroxylation is 1. The van der Waals surface area contributed by atoms with Gasteiger partial charge in [0.2, 0.25) is 5.43 Å².